The van der Waals surface area contributed by atoms with Gasteiger partial charge >= 0.3 is 0 Å². The van der Waals surface area contributed by atoms with Crippen LogP contribution in [-0.4, -0.2) is 48.9 Å². The minimum atomic E-state index is -0.658. The smallest absolute Gasteiger partial charge is 0.261 e. The molecule has 0 aromatic heterocycles. The minimum absolute atomic E-state index is 0.257. The van der Waals surface area contributed by atoms with E-state index >= 15 is 0 Å². The summed E-state index contributed by atoms with van der Waals surface area (Å²) < 4.78 is 0. The third-order valence-electron chi connectivity index (χ3n) is 2.85. The second-order valence-corrected chi connectivity index (χ2v) is 4.08. The molecule has 2 heterocycles. The van der Waals surface area contributed by atoms with Crippen LogP contribution in [0.5, 0.6) is 0 Å². The molecule has 16 heavy (non-hydrogen) atoms. The summed E-state index contributed by atoms with van der Waals surface area (Å²) in [4.78, 5) is 28.8. The van der Waals surface area contributed by atoms with Crippen molar-refractivity contribution in [2.45, 2.75) is 13.3 Å². The lowest BCUT2D eigenvalue weighted by Crippen LogP contribution is -2.51. The third kappa shape index (κ3) is 2.21. The van der Waals surface area contributed by atoms with Crippen molar-refractivity contribution in [1.29, 1.82) is 0 Å². The zero-order valence-corrected chi connectivity index (χ0v) is 9.32. The normalized spacial score (nSPS) is 27.2. The van der Waals surface area contributed by atoms with Crippen molar-refractivity contribution in [3.63, 3.8) is 0 Å². The van der Waals surface area contributed by atoms with Crippen LogP contribution in [0.2, 0.25) is 0 Å². The van der Waals surface area contributed by atoms with E-state index in [2.05, 4.69) is 15.6 Å². The Morgan fingerprint density at radius 1 is 1.31 bits per heavy atom. The second-order valence-electron chi connectivity index (χ2n) is 4.08. The number of rotatable bonds is 0. The molecule has 6 heteroatoms. The lowest BCUT2D eigenvalue weighted by molar-refractivity contribution is -0.132. The molecule has 0 spiro atoms. The molecule has 1 unspecified atom stereocenters. The summed E-state index contributed by atoms with van der Waals surface area (Å²) in [7, 11) is 0. The van der Waals surface area contributed by atoms with Gasteiger partial charge in [0.15, 0.2) is 0 Å². The summed E-state index contributed by atoms with van der Waals surface area (Å²) in [5.74, 6) is -0.853. The fourth-order valence-corrected chi connectivity index (χ4v) is 1.77. The van der Waals surface area contributed by atoms with E-state index in [0.717, 1.165) is 32.6 Å². The second kappa shape index (κ2) is 4.61. The SMILES string of the molecule is CC1C(=O)N=C(N2CCCNCC2)NC1=O. The van der Waals surface area contributed by atoms with E-state index < -0.39 is 5.92 Å². The quantitative estimate of drug-likeness (QED) is 0.514. The fourth-order valence-electron chi connectivity index (χ4n) is 1.77. The first-order valence-corrected chi connectivity index (χ1v) is 5.57. The van der Waals surface area contributed by atoms with Gasteiger partial charge < -0.3 is 10.2 Å². The lowest BCUT2D eigenvalue weighted by atomic mass is 10.1. The number of amides is 2. The zero-order chi connectivity index (χ0) is 11.5. The molecule has 2 aliphatic heterocycles. The summed E-state index contributed by atoms with van der Waals surface area (Å²) in [5, 5.41) is 5.94. The molecule has 2 amide bonds. The summed E-state index contributed by atoms with van der Waals surface area (Å²) in [6, 6.07) is 0. The Balaban J connectivity index is 2.11. The highest BCUT2D eigenvalue weighted by Crippen LogP contribution is 2.07. The Hall–Kier alpha value is -1.43. The Bertz CT molecular complexity index is 332. The number of nitrogens with one attached hydrogen (secondary N) is 2. The Morgan fingerprint density at radius 3 is 2.88 bits per heavy atom. The average molecular weight is 224 g/mol. The molecular formula is C10H16N4O2. The molecule has 0 bridgehead atoms. The first kappa shape index (κ1) is 11.1. The molecule has 2 rings (SSSR count). The van der Waals surface area contributed by atoms with Crippen LogP contribution in [0, 0.1) is 5.92 Å². The number of hydrogen-bond acceptors (Lipinski definition) is 4. The van der Waals surface area contributed by atoms with Crippen LogP contribution in [0.15, 0.2) is 4.99 Å². The highest BCUT2D eigenvalue weighted by Gasteiger charge is 2.29. The van der Waals surface area contributed by atoms with E-state index in [9.17, 15) is 9.59 Å². The number of aliphatic imine (C=N–C) groups is 1. The Morgan fingerprint density at radius 2 is 2.12 bits per heavy atom. The van der Waals surface area contributed by atoms with E-state index in [4.69, 9.17) is 0 Å². The van der Waals surface area contributed by atoms with E-state index in [0.29, 0.717) is 5.96 Å². The summed E-state index contributed by atoms with van der Waals surface area (Å²) in [6.07, 6.45) is 0.985. The first-order valence-electron chi connectivity index (χ1n) is 5.57. The maximum atomic E-state index is 11.5. The van der Waals surface area contributed by atoms with Crippen molar-refractivity contribution in [2.75, 3.05) is 26.2 Å². The predicted molar refractivity (Wildman–Crippen MR) is 58.8 cm³/mol. The number of carbonyl (C=O) groups excluding carboxylic acids is 2. The average Bonchev–Trinajstić information content (AvgIpc) is 2.53. The maximum Gasteiger partial charge on any atom is 0.261 e. The summed E-state index contributed by atoms with van der Waals surface area (Å²) in [6.45, 7) is 4.96. The molecule has 1 saturated heterocycles. The van der Waals surface area contributed by atoms with Gasteiger partial charge in [-0.05, 0) is 19.9 Å². The van der Waals surface area contributed by atoms with Crippen LogP contribution in [-0.2, 0) is 9.59 Å². The first-order chi connectivity index (χ1) is 7.68. The van der Waals surface area contributed by atoms with Crippen LogP contribution in [0.4, 0.5) is 0 Å². The van der Waals surface area contributed by atoms with Crippen LogP contribution in [0.1, 0.15) is 13.3 Å². The van der Waals surface area contributed by atoms with Gasteiger partial charge in [0, 0.05) is 19.6 Å². The van der Waals surface area contributed by atoms with Gasteiger partial charge in [-0.15, -0.1) is 0 Å². The lowest BCUT2D eigenvalue weighted by Gasteiger charge is -2.27. The number of guanidine groups is 1. The van der Waals surface area contributed by atoms with Crippen LogP contribution < -0.4 is 10.6 Å². The molecule has 88 valence electrons. The van der Waals surface area contributed by atoms with Gasteiger partial charge in [0.25, 0.3) is 5.91 Å². The monoisotopic (exact) mass is 224 g/mol. The van der Waals surface area contributed by atoms with Crippen LogP contribution in [0.25, 0.3) is 0 Å². The van der Waals surface area contributed by atoms with Crippen molar-refractivity contribution in [3.8, 4) is 0 Å². The molecule has 0 aromatic rings. The standard InChI is InChI=1S/C10H16N4O2/c1-7-8(15)12-10(13-9(7)16)14-5-2-3-11-4-6-14/h7,11H,2-6H2,1H3,(H,12,13,15,16). The van der Waals surface area contributed by atoms with Crippen LogP contribution >= 0.6 is 0 Å². The molecule has 1 fully saturated rings. The summed E-state index contributed by atoms with van der Waals surface area (Å²) >= 11 is 0. The van der Waals surface area contributed by atoms with Gasteiger partial charge in [-0.1, -0.05) is 0 Å². The third-order valence-corrected chi connectivity index (χ3v) is 2.85. The van der Waals surface area contributed by atoms with Crippen molar-refractivity contribution in [3.05, 3.63) is 0 Å². The van der Waals surface area contributed by atoms with Gasteiger partial charge in [-0.3, -0.25) is 14.9 Å². The molecule has 0 aliphatic carbocycles. The number of nitrogens with zero attached hydrogens (tertiary/aromatic N) is 2. The molecule has 2 N–H and O–H groups in total. The number of carbonyl (C=O) groups is 2. The van der Waals surface area contributed by atoms with Crippen molar-refractivity contribution in [1.82, 2.24) is 15.5 Å². The van der Waals surface area contributed by atoms with Gasteiger partial charge in [-0.25, -0.2) is 0 Å². The van der Waals surface area contributed by atoms with E-state index in [1.54, 1.807) is 6.92 Å². The molecule has 0 saturated carbocycles. The van der Waals surface area contributed by atoms with Gasteiger partial charge in [-0.2, -0.15) is 4.99 Å². The van der Waals surface area contributed by atoms with Gasteiger partial charge in [0.1, 0.15) is 5.92 Å². The largest absolute Gasteiger partial charge is 0.341 e. The molecular weight excluding hydrogens is 208 g/mol. The molecule has 2 aliphatic rings. The van der Waals surface area contributed by atoms with E-state index in [-0.39, 0.29) is 11.8 Å². The van der Waals surface area contributed by atoms with Crippen molar-refractivity contribution >= 4 is 17.8 Å². The predicted octanol–water partition coefficient (Wildman–Crippen LogP) is -1.07. The highest BCUT2D eigenvalue weighted by atomic mass is 16.2. The Labute approximate surface area is 94.1 Å². The van der Waals surface area contributed by atoms with Crippen molar-refractivity contribution in [2.24, 2.45) is 10.9 Å². The maximum absolute atomic E-state index is 11.5. The van der Waals surface area contributed by atoms with E-state index in [1.807, 2.05) is 4.90 Å². The van der Waals surface area contributed by atoms with Crippen molar-refractivity contribution < 1.29 is 9.59 Å². The fraction of sp³-hybridized carbons (Fsp3) is 0.700. The zero-order valence-electron chi connectivity index (χ0n) is 9.32. The van der Waals surface area contributed by atoms with E-state index in [1.165, 1.54) is 0 Å². The number of hydrogen-bond donors (Lipinski definition) is 2. The van der Waals surface area contributed by atoms with Gasteiger partial charge in [0.2, 0.25) is 11.9 Å². The Kier molecular flexibility index (Phi) is 3.19. The van der Waals surface area contributed by atoms with Crippen LogP contribution in [0.3, 0.4) is 0 Å². The van der Waals surface area contributed by atoms with Gasteiger partial charge in [0.05, 0.1) is 0 Å². The highest BCUT2D eigenvalue weighted by molar-refractivity contribution is 6.14. The topological polar surface area (TPSA) is 73.8 Å². The molecule has 1 atom stereocenters. The molecule has 0 radical (unpaired) electrons. The minimum Gasteiger partial charge on any atom is -0.341 e. The molecule has 0 aromatic carbocycles. The molecule has 6 nitrogen and oxygen atoms in total. The summed E-state index contributed by atoms with van der Waals surface area (Å²) in [5.41, 5.74) is 0.